The van der Waals surface area contributed by atoms with E-state index < -0.39 is 33.6 Å². The van der Waals surface area contributed by atoms with Crippen LogP contribution >= 0.6 is 0 Å². The number of nitro benzene ring substituents is 1. The van der Waals surface area contributed by atoms with Gasteiger partial charge in [-0.3, -0.25) is 15.1 Å². The lowest BCUT2D eigenvalue weighted by Crippen LogP contribution is -2.20. The lowest BCUT2D eigenvalue weighted by Gasteiger charge is -2.06. The minimum Gasteiger partial charge on any atom is -0.383 e. The van der Waals surface area contributed by atoms with Crippen LogP contribution in [0.2, 0.25) is 0 Å². The van der Waals surface area contributed by atoms with Crippen molar-refractivity contribution in [1.29, 1.82) is 0 Å². The summed E-state index contributed by atoms with van der Waals surface area (Å²) < 4.78 is 27.0. The molecule has 1 rings (SSSR count). The number of nitrogens with zero attached hydrogens (tertiary/aromatic N) is 2. The van der Waals surface area contributed by atoms with Gasteiger partial charge in [0.2, 0.25) is 5.82 Å². The number of halogens is 2. The van der Waals surface area contributed by atoms with Crippen molar-refractivity contribution in [2.24, 2.45) is 10.7 Å². The van der Waals surface area contributed by atoms with E-state index in [0.717, 1.165) is 12.1 Å². The van der Waals surface area contributed by atoms with Crippen LogP contribution in [0.4, 0.5) is 14.5 Å². The van der Waals surface area contributed by atoms with Crippen molar-refractivity contribution in [2.75, 3.05) is 0 Å². The molecule has 17 heavy (non-hydrogen) atoms. The topological polar surface area (TPSA) is 81.5 Å². The van der Waals surface area contributed by atoms with Crippen LogP contribution in [-0.2, 0) is 0 Å². The number of nitro groups is 1. The molecular formula is C10H11F2N3O2. The Labute approximate surface area is 96.1 Å². The number of amidine groups is 1. The lowest BCUT2D eigenvalue weighted by atomic mass is 10.1. The normalized spacial score (nSPS) is 11.9. The summed E-state index contributed by atoms with van der Waals surface area (Å²) in [4.78, 5) is 13.3. The average Bonchev–Trinajstić information content (AvgIpc) is 2.15. The molecule has 0 heterocycles. The Hall–Kier alpha value is -2.05. The van der Waals surface area contributed by atoms with Crippen molar-refractivity contribution < 1.29 is 13.7 Å². The molecular weight excluding hydrogens is 232 g/mol. The van der Waals surface area contributed by atoms with Crippen molar-refractivity contribution in [3.8, 4) is 0 Å². The fourth-order valence-corrected chi connectivity index (χ4v) is 1.26. The standard InChI is InChI=1S/C10H11F2N3O2/c1-5(2)14-10(13)8-6(11)3-4-7(9(8)12)15(16)17/h3-5H,1-2H3,(H2,13,14). The number of rotatable bonds is 3. The molecule has 92 valence electrons. The third-order valence-electron chi connectivity index (χ3n) is 1.92. The summed E-state index contributed by atoms with van der Waals surface area (Å²) in [6.45, 7) is 3.33. The Bertz CT molecular complexity index is 487. The first-order valence-electron chi connectivity index (χ1n) is 4.80. The molecule has 0 aliphatic heterocycles. The zero-order chi connectivity index (χ0) is 13.2. The van der Waals surface area contributed by atoms with Gasteiger partial charge in [-0.05, 0) is 19.9 Å². The first-order valence-corrected chi connectivity index (χ1v) is 4.80. The maximum Gasteiger partial charge on any atom is 0.305 e. The predicted molar refractivity (Wildman–Crippen MR) is 58.9 cm³/mol. The third kappa shape index (κ3) is 2.74. The molecule has 1 aromatic rings. The second-order valence-corrected chi connectivity index (χ2v) is 3.62. The molecule has 5 nitrogen and oxygen atoms in total. The minimum atomic E-state index is -1.31. The first-order chi connectivity index (χ1) is 7.84. The van der Waals surface area contributed by atoms with Crippen LogP contribution < -0.4 is 5.73 Å². The van der Waals surface area contributed by atoms with Crippen LogP contribution in [0, 0.1) is 21.7 Å². The molecule has 0 aliphatic rings. The smallest absolute Gasteiger partial charge is 0.305 e. The maximum absolute atomic E-state index is 13.6. The Morgan fingerprint density at radius 3 is 2.53 bits per heavy atom. The Balaban J connectivity index is 3.42. The van der Waals surface area contributed by atoms with E-state index in [9.17, 15) is 18.9 Å². The molecule has 0 unspecified atom stereocenters. The third-order valence-corrected chi connectivity index (χ3v) is 1.92. The van der Waals surface area contributed by atoms with Gasteiger partial charge < -0.3 is 5.73 Å². The van der Waals surface area contributed by atoms with Gasteiger partial charge in [0.05, 0.1) is 10.5 Å². The highest BCUT2D eigenvalue weighted by molar-refractivity contribution is 5.98. The highest BCUT2D eigenvalue weighted by Crippen LogP contribution is 2.22. The van der Waals surface area contributed by atoms with Crippen LogP contribution in [0.25, 0.3) is 0 Å². The van der Waals surface area contributed by atoms with Gasteiger partial charge in [0.1, 0.15) is 11.7 Å². The molecule has 0 fully saturated rings. The summed E-state index contributed by atoms with van der Waals surface area (Å²) in [7, 11) is 0. The van der Waals surface area contributed by atoms with Gasteiger partial charge in [-0.25, -0.2) is 4.39 Å². The maximum atomic E-state index is 13.6. The molecule has 0 saturated carbocycles. The van der Waals surface area contributed by atoms with E-state index in [2.05, 4.69) is 4.99 Å². The van der Waals surface area contributed by atoms with E-state index >= 15 is 0 Å². The summed E-state index contributed by atoms with van der Waals surface area (Å²) in [5.74, 6) is -2.68. The number of aliphatic imine (C=N–C) groups is 1. The number of hydrogen-bond acceptors (Lipinski definition) is 3. The van der Waals surface area contributed by atoms with Crippen molar-refractivity contribution in [3.63, 3.8) is 0 Å². The van der Waals surface area contributed by atoms with E-state index in [0.29, 0.717) is 0 Å². The van der Waals surface area contributed by atoms with E-state index in [4.69, 9.17) is 5.73 Å². The van der Waals surface area contributed by atoms with E-state index in [1.165, 1.54) is 0 Å². The van der Waals surface area contributed by atoms with Crippen LogP contribution in [0.1, 0.15) is 19.4 Å². The van der Waals surface area contributed by atoms with Gasteiger partial charge >= 0.3 is 5.69 Å². The predicted octanol–water partition coefficient (Wildman–Crippen LogP) is 1.99. The molecule has 0 radical (unpaired) electrons. The highest BCUT2D eigenvalue weighted by atomic mass is 19.1. The van der Waals surface area contributed by atoms with Crippen molar-refractivity contribution in [1.82, 2.24) is 0 Å². The summed E-state index contributed by atoms with van der Waals surface area (Å²) in [5.41, 5.74) is 3.92. The summed E-state index contributed by atoms with van der Waals surface area (Å²) >= 11 is 0. The number of hydrogen-bond donors (Lipinski definition) is 1. The number of nitrogens with two attached hydrogens (primary N) is 1. The fourth-order valence-electron chi connectivity index (χ4n) is 1.26. The van der Waals surface area contributed by atoms with Crippen LogP contribution in [0.15, 0.2) is 17.1 Å². The molecule has 1 aromatic carbocycles. The Morgan fingerprint density at radius 1 is 1.47 bits per heavy atom. The molecule has 2 N–H and O–H groups in total. The minimum absolute atomic E-state index is 0.270. The summed E-state index contributed by atoms with van der Waals surface area (Å²) in [6, 6.07) is 1.27. The van der Waals surface area contributed by atoms with Crippen molar-refractivity contribution in [2.45, 2.75) is 19.9 Å². The number of benzene rings is 1. The quantitative estimate of drug-likeness (QED) is 0.381. The monoisotopic (exact) mass is 243 g/mol. The molecule has 0 spiro atoms. The Morgan fingerprint density at radius 2 is 2.06 bits per heavy atom. The molecule has 0 aliphatic carbocycles. The lowest BCUT2D eigenvalue weighted by molar-refractivity contribution is -0.387. The second kappa shape index (κ2) is 4.86. The first kappa shape index (κ1) is 13.0. The van der Waals surface area contributed by atoms with Crippen LogP contribution in [0.3, 0.4) is 0 Å². The zero-order valence-electron chi connectivity index (χ0n) is 9.28. The molecule has 0 bridgehead atoms. The van der Waals surface area contributed by atoms with Gasteiger partial charge in [0.15, 0.2) is 0 Å². The van der Waals surface area contributed by atoms with E-state index in [1.54, 1.807) is 13.8 Å². The molecule has 0 atom stereocenters. The molecule has 0 aromatic heterocycles. The van der Waals surface area contributed by atoms with Crippen molar-refractivity contribution in [3.05, 3.63) is 39.4 Å². The van der Waals surface area contributed by atoms with Gasteiger partial charge in [0, 0.05) is 12.1 Å². The highest BCUT2D eigenvalue weighted by Gasteiger charge is 2.23. The van der Waals surface area contributed by atoms with E-state index in [1.807, 2.05) is 0 Å². The second-order valence-electron chi connectivity index (χ2n) is 3.62. The summed E-state index contributed by atoms with van der Waals surface area (Å²) in [5, 5.41) is 10.5. The summed E-state index contributed by atoms with van der Waals surface area (Å²) in [6.07, 6.45) is 0. The zero-order valence-corrected chi connectivity index (χ0v) is 9.28. The molecule has 7 heteroatoms. The Kier molecular flexibility index (Phi) is 3.72. The van der Waals surface area contributed by atoms with Gasteiger partial charge in [-0.2, -0.15) is 4.39 Å². The van der Waals surface area contributed by atoms with Gasteiger partial charge in [-0.1, -0.05) is 0 Å². The fraction of sp³-hybridized carbons (Fsp3) is 0.300. The SMILES string of the molecule is CC(C)N=C(N)c1c(F)ccc([N+](=O)[O-])c1F. The molecule has 0 saturated heterocycles. The van der Waals surface area contributed by atoms with Gasteiger partial charge in [0.25, 0.3) is 0 Å². The van der Waals surface area contributed by atoms with Gasteiger partial charge in [-0.15, -0.1) is 0 Å². The van der Waals surface area contributed by atoms with Crippen LogP contribution in [0.5, 0.6) is 0 Å². The largest absolute Gasteiger partial charge is 0.383 e. The average molecular weight is 243 g/mol. The van der Waals surface area contributed by atoms with Crippen LogP contribution in [-0.4, -0.2) is 16.8 Å². The molecule has 0 amide bonds. The van der Waals surface area contributed by atoms with E-state index in [-0.39, 0.29) is 6.04 Å². The van der Waals surface area contributed by atoms with Crippen molar-refractivity contribution >= 4 is 11.5 Å².